The van der Waals surface area contributed by atoms with Crippen molar-refractivity contribution in [3.05, 3.63) is 58.6 Å². The Morgan fingerprint density at radius 3 is 2.50 bits per heavy atom. The summed E-state index contributed by atoms with van der Waals surface area (Å²) in [5.74, 6) is -0.806. The highest BCUT2D eigenvalue weighted by molar-refractivity contribution is 7.92. The van der Waals surface area contributed by atoms with Crippen LogP contribution in [0.15, 0.2) is 47.4 Å². The van der Waals surface area contributed by atoms with Gasteiger partial charge in [-0.15, -0.1) is 0 Å². The average Bonchev–Trinajstić information content (AvgIpc) is 2.47. The number of halogens is 1. The van der Waals surface area contributed by atoms with Crippen LogP contribution in [0.3, 0.4) is 0 Å². The van der Waals surface area contributed by atoms with Gasteiger partial charge in [0.25, 0.3) is 15.9 Å². The Hall–Kier alpha value is -2.09. The third-order valence-electron chi connectivity index (χ3n) is 2.93. The predicted molar refractivity (Wildman–Crippen MR) is 83.1 cm³/mol. The number of primary amides is 1. The molecule has 2 rings (SSSR count). The predicted octanol–water partition coefficient (Wildman–Crippen LogP) is 1.73. The minimum atomic E-state index is -3.98. The number of nitrogens with one attached hydrogen (secondary N) is 1. The van der Waals surface area contributed by atoms with Crippen LogP contribution in [-0.4, -0.2) is 19.4 Å². The summed E-state index contributed by atoms with van der Waals surface area (Å²) in [4.78, 5) is 11.4. The maximum absolute atomic E-state index is 12.4. The highest BCUT2D eigenvalue weighted by Crippen LogP contribution is 2.25. The Morgan fingerprint density at radius 1 is 1.23 bits per heavy atom. The molecule has 0 saturated heterocycles. The first-order chi connectivity index (χ1) is 10.3. The summed E-state index contributed by atoms with van der Waals surface area (Å²) in [6.07, 6.45) is 0. The minimum Gasteiger partial charge on any atom is -0.392 e. The van der Waals surface area contributed by atoms with Crippen molar-refractivity contribution in [2.45, 2.75) is 11.5 Å². The number of rotatable bonds is 5. The van der Waals surface area contributed by atoms with Crippen LogP contribution in [-0.2, 0) is 16.6 Å². The number of hydrogen-bond donors (Lipinski definition) is 3. The summed E-state index contributed by atoms with van der Waals surface area (Å²) in [6, 6.07) is 10.0. The second-order valence-electron chi connectivity index (χ2n) is 4.42. The van der Waals surface area contributed by atoms with Crippen LogP contribution >= 0.6 is 11.6 Å². The normalized spacial score (nSPS) is 11.2. The lowest BCUT2D eigenvalue weighted by Gasteiger charge is -2.14. The van der Waals surface area contributed by atoms with Gasteiger partial charge < -0.3 is 10.8 Å². The van der Waals surface area contributed by atoms with Crippen molar-refractivity contribution in [2.24, 2.45) is 5.73 Å². The van der Waals surface area contributed by atoms with Gasteiger partial charge in [-0.25, -0.2) is 8.42 Å². The van der Waals surface area contributed by atoms with E-state index in [0.29, 0.717) is 0 Å². The smallest absolute Gasteiger partial charge is 0.261 e. The first-order valence-corrected chi connectivity index (χ1v) is 8.02. The molecule has 0 aliphatic heterocycles. The van der Waals surface area contributed by atoms with E-state index in [1.54, 1.807) is 0 Å². The van der Waals surface area contributed by atoms with E-state index in [-0.39, 0.29) is 26.7 Å². The van der Waals surface area contributed by atoms with Crippen molar-refractivity contribution in [3.63, 3.8) is 0 Å². The fourth-order valence-corrected chi connectivity index (χ4v) is 3.31. The SMILES string of the molecule is NC(=O)c1cccc(CO)c1NS(=O)(=O)c1cccc(Cl)c1. The van der Waals surface area contributed by atoms with E-state index in [0.717, 1.165) is 0 Å². The Kier molecular flexibility index (Phi) is 4.70. The van der Waals surface area contributed by atoms with Gasteiger partial charge in [-0.05, 0) is 24.3 Å². The lowest BCUT2D eigenvalue weighted by molar-refractivity contribution is 0.100. The van der Waals surface area contributed by atoms with Crippen LogP contribution in [0.25, 0.3) is 0 Å². The van der Waals surface area contributed by atoms with E-state index in [2.05, 4.69) is 4.72 Å². The maximum Gasteiger partial charge on any atom is 0.261 e. The summed E-state index contributed by atoms with van der Waals surface area (Å²) in [5.41, 5.74) is 5.41. The van der Waals surface area contributed by atoms with Gasteiger partial charge in [-0.3, -0.25) is 9.52 Å². The van der Waals surface area contributed by atoms with Crippen molar-refractivity contribution in [1.29, 1.82) is 0 Å². The second-order valence-corrected chi connectivity index (χ2v) is 6.54. The molecule has 6 nitrogen and oxygen atoms in total. The molecular formula is C14H13ClN2O4S. The molecule has 0 fully saturated rings. The van der Waals surface area contributed by atoms with Gasteiger partial charge in [0.05, 0.1) is 22.8 Å². The molecule has 2 aromatic rings. The largest absolute Gasteiger partial charge is 0.392 e. The average molecular weight is 341 g/mol. The number of nitrogens with two attached hydrogens (primary N) is 1. The molecule has 0 atom stereocenters. The third kappa shape index (κ3) is 3.38. The number of benzene rings is 2. The second kappa shape index (κ2) is 6.35. The molecule has 0 aliphatic rings. The van der Waals surface area contributed by atoms with Crippen molar-refractivity contribution in [3.8, 4) is 0 Å². The van der Waals surface area contributed by atoms with E-state index < -0.39 is 22.5 Å². The van der Waals surface area contributed by atoms with Gasteiger partial charge in [0, 0.05) is 10.6 Å². The Morgan fingerprint density at radius 2 is 1.91 bits per heavy atom. The van der Waals surface area contributed by atoms with Crippen LogP contribution in [0, 0.1) is 0 Å². The van der Waals surface area contributed by atoms with Gasteiger partial charge in [0.1, 0.15) is 0 Å². The van der Waals surface area contributed by atoms with Crippen LogP contribution in [0.4, 0.5) is 5.69 Å². The lowest BCUT2D eigenvalue weighted by Crippen LogP contribution is -2.20. The summed E-state index contributed by atoms with van der Waals surface area (Å²) in [5, 5.41) is 9.59. The van der Waals surface area contributed by atoms with Gasteiger partial charge >= 0.3 is 0 Å². The number of aliphatic hydroxyl groups is 1. The molecule has 0 radical (unpaired) electrons. The number of aliphatic hydroxyl groups excluding tert-OH is 1. The quantitative estimate of drug-likeness (QED) is 0.769. The third-order valence-corrected chi connectivity index (χ3v) is 4.51. The van der Waals surface area contributed by atoms with Crippen molar-refractivity contribution >= 4 is 33.2 Å². The maximum atomic E-state index is 12.4. The zero-order valence-electron chi connectivity index (χ0n) is 11.3. The molecule has 0 unspecified atom stereocenters. The number of para-hydroxylation sites is 1. The number of anilines is 1. The van der Waals surface area contributed by atoms with Crippen LogP contribution in [0.2, 0.25) is 5.02 Å². The molecule has 0 heterocycles. The molecule has 0 aliphatic carbocycles. The first-order valence-electron chi connectivity index (χ1n) is 6.16. The molecule has 22 heavy (non-hydrogen) atoms. The van der Waals surface area contributed by atoms with E-state index >= 15 is 0 Å². The Labute approximate surface area is 132 Å². The van der Waals surface area contributed by atoms with E-state index in [9.17, 15) is 18.3 Å². The zero-order chi connectivity index (χ0) is 16.3. The number of sulfonamides is 1. The minimum absolute atomic E-state index is 0.0304. The monoisotopic (exact) mass is 340 g/mol. The zero-order valence-corrected chi connectivity index (χ0v) is 12.9. The van der Waals surface area contributed by atoms with Gasteiger partial charge in [0.15, 0.2) is 0 Å². The highest BCUT2D eigenvalue weighted by Gasteiger charge is 2.20. The molecule has 116 valence electrons. The Balaban J connectivity index is 2.52. The molecular weight excluding hydrogens is 328 g/mol. The van der Waals surface area contributed by atoms with E-state index in [1.165, 1.54) is 42.5 Å². The standard InChI is InChI=1S/C14H13ClN2O4S/c15-10-4-2-5-11(7-10)22(20,21)17-13-9(8-18)3-1-6-12(13)14(16)19/h1-7,17-18H,8H2,(H2,16,19). The topological polar surface area (TPSA) is 109 Å². The summed E-state index contributed by atoms with van der Waals surface area (Å²) >= 11 is 5.79. The van der Waals surface area contributed by atoms with Gasteiger partial charge in [-0.1, -0.05) is 29.8 Å². The van der Waals surface area contributed by atoms with E-state index in [1.807, 2.05) is 0 Å². The van der Waals surface area contributed by atoms with Crippen molar-refractivity contribution in [2.75, 3.05) is 4.72 Å². The molecule has 2 aromatic carbocycles. The molecule has 0 saturated carbocycles. The van der Waals surface area contributed by atoms with Crippen LogP contribution in [0.1, 0.15) is 15.9 Å². The number of carbonyl (C=O) groups excluding carboxylic acids is 1. The van der Waals surface area contributed by atoms with E-state index in [4.69, 9.17) is 17.3 Å². The number of amides is 1. The number of hydrogen-bond acceptors (Lipinski definition) is 4. The molecule has 1 amide bonds. The molecule has 0 bridgehead atoms. The summed E-state index contributed by atoms with van der Waals surface area (Å²) in [6.45, 7) is -0.450. The van der Waals surface area contributed by atoms with Crippen LogP contribution < -0.4 is 10.5 Å². The Bertz CT molecular complexity index is 821. The van der Waals surface area contributed by atoms with Gasteiger partial charge in [-0.2, -0.15) is 0 Å². The van der Waals surface area contributed by atoms with Crippen molar-refractivity contribution < 1.29 is 18.3 Å². The number of carbonyl (C=O) groups is 1. The first kappa shape index (κ1) is 16.3. The molecule has 8 heteroatoms. The highest BCUT2D eigenvalue weighted by atomic mass is 35.5. The van der Waals surface area contributed by atoms with Gasteiger partial charge in [0.2, 0.25) is 0 Å². The van der Waals surface area contributed by atoms with Crippen molar-refractivity contribution in [1.82, 2.24) is 0 Å². The lowest BCUT2D eigenvalue weighted by atomic mass is 10.1. The summed E-state index contributed by atoms with van der Waals surface area (Å²) in [7, 11) is -3.98. The fourth-order valence-electron chi connectivity index (χ4n) is 1.89. The summed E-state index contributed by atoms with van der Waals surface area (Å²) < 4.78 is 27.1. The van der Waals surface area contributed by atoms with Crippen LogP contribution in [0.5, 0.6) is 0 Å². The fraction of sp³-hybridized carbons (Fsp3) is 0.0714. The molecule has 0 spiro atoms. The molecule has 4 N–H and O–H groups in total. The molecule has 0 aromatic heterocycles.